The van der Waals surface area contributed by atoms with Gasteiger partial charge in [-0.1, -0.05) is 23.2 Å². The van der Waals surface area contributed by atoms with Gasteiger partial charge in [0.2, 0.25) is 15.9 Å². The molecule has 6 nitrogen and oxygen atoms in total. The molecule has 1 amide bonds. The number of sulfonamides is 1. The van der Waals surface area contributed by atoms with Crippen molar-refractivity contribution in [2.75, 3.05) is 26.2 Å². The molecule has 3 rings (SSSR count). The van der Waals surface area contributed by atoms with Gasteiger partial charge in [0.25, 0.3) is 0 Å². The summed E-state index contributed by atoms with van der Waals surface area (Å²) in [5.74, 6) is -0.504. The lowest BCUT2D eigenvalue weighted by atomic mass is 9.99. The topological polar surface area (TPSA) is 75.7 Å². The predicted octanol–water partition coefficient (Wildman–Crippen LogP) is 2.69. The molecule has 0 saturated carbocycles. The Morgan fingerprint density at radius 3 is 2.81 bits per heavy atom. The summed E-state index contributed by atoms with van der Waals surface area (Å²) in [5, 5.41) is 3.32. The van der Waals surface area contributed by atoms with Crippen molar-refractivity contribution >= 4 is 39.1 Å². The van der Waals surface area contributed by atoms with Crippen LogP contribution in [0.3, 0.4) is 0 Å². The Kier molecular flexibility index (Phi) is 6.45. The second kappa shape index (κ2) is 8.44. The van der Waals surface area contributed by atoms with Crippen molar-refractivity contribution in [1.29, 1.82) is 0 Å². The van der Waals surface area contributed by atoms with E-state index < -0.39 is 10.0 Å². The molecule has 2 heterocycles. The Labute approximate surface area is 163 Å². The van der Waals surface area contributed by atoms with E-state index in [-0.39, 0.29) is 34.4 Å². The maximum Gasteiger partial charge on any atom is 0.244 e. The van der Waals surface area contributed by atoms with Gasteiger partial charge in [0, 0.05) is 31.3 Å². The summed E-state index contributed by atoms with van der Waals surface area (Å²) in [4.78, 5) is 12.4. The fraction of sp³-hybridized carbons (Fsp3) is 0.588. The molecule has 144 valence electrons. The summed E-state index contributed by atoms with van der Waals surface area (Å²) < 4.78 is 32.7. The number of rotatable bonds is 5. The number of carbonyl (C=O) groups is 1. The van der Waals surface area contributed by atoms with Crippen LogP contribution in [-0.2, 0) is 19.6 Å². The molecule has 0 aliphatic carbocycles. The van der Waals surface area contributed by atoms with E-state index in [1.54, 1.807) is 6.07 Å². The number of carbonyl (C=O) groups excluding carboxylic acids is 1. The van der Waals surface area contributed by atoms with Gasteiger partial charge in [-0.15, -0.1) is 0 Å². The fourth-order valence-corrected chi connectivity index (χ4v) is 5.61. The van der Waals surface area contributed by atoms with Crippen LogP contribution in [0.1, 0.15) is 25.7 Å². The molecule has 0 spiro atoms. The van der Waals surface area contributed by atoms with Crippen molar-refractivity contribution in [3.8, 4) is 0 Å². The highest BCUT2D eigenvalue weighted by Crippen LogP contribution is 2.30. The van der Waals surface area contributed by atoms with Crippen LogP contribution in [0, 0.1) is 5.92 Å². The number of piperidine rings is 1. The molecule has 2 saturated heterocycles. The summed E-state index contributed by atoms with van der Waals surface area (Å²) in [7, 11) is -3.80. The average Bonchev–Trinajstić information content (AvgIpc) is 3.15. The van der Waals surface area contributed by atoms with Crippen molar-refractivity contribution in [1.82, 2.24) is 9.62 Å². The lowest BCUT2D eigenvalue weighted by Gasteiger charge is -2.31. The van der Waals surface area contributed by atoms with Crippen LogP contribution in [0.5, 0.6) is 0 Å². The van der Waals surface area contributed by atoms with Crippen LogP contribution in [-0.4, -0.2) is 51.0 Å². The highest BCUT2D eigenvalue weighted by molar-refractivity contribution is 7.89. The molecule has 0 unspecified atom stereocenters. The summed E-state index contributed by atoms with van der Waals surface area (Å²) in [6.07, 6.45) is 3.30. The van der Waals surface area contributed by atoms with Crippen LogP contribution in [0.4, 0.5) is 0 Å². The molecule has 2 aliphatic heterocycles. The van der Waals surface area contributed by atoms with Gasteiger partial charge in [-0.05, 0) is 43.9 Å². The minimum Gasteiger partial charge on any atom is -0.376 e. The maximum absolute atomic E-state index is 12.9. The van der Waals surface area contributed by atoms with Crippen LogP contribution in [0.2, 0.25) is 10.0 Å². The van der Waals surface area contributed by atoms with Gasteiger partial charge >= 0.3 is 0 Å². The number of nitrogens with zero attached hydrogens (tertiary/aromatic N) is 1. The second-order valence-corrected chi connectivity index (χ2v) is 9.41. The molecule has 2 aliphatic rings. The first-order chi connectivity index (χ1) is 12.4. The summed E-state index contributed by atoms with van der Waals surface area (Å²) in [6.45, 7) is 1.71. The first kappa shape index (κ1) is 19.9. The Morgan fingerprint density at radius 2 is 2.08 bits per heavy atom. The maximum atomic E-state index is 12.9. The molecule has 1 N–H and O–H groups in total. The van der Waals surface area contributed by atoms with Crippen molar-refractivity contribution in [3.63, 3.8) is 0 Å². The highest BCUT2D eigenvalue weighted by atomic mass is 35.5. The van der Waals surface area contributed by atoms with Gasteiger partial charge in [-0.2, -0.15) is 4.31 Å². The molecular formula is C17H22Cl2N2O4S. The minimum atomic E-state index is -3.80. The van der Waals surface area contributed by atoms with Crippen molar-refractivity contribution in [2.45, 2.75) is 36.7 Å². The quantitative estimate of drug-likeness (QED) is 0.794. The number of hydrogen-bond acceptors (Lipinski definition) is 4. The van der Waals surface area contributed by atoms with Crippen molar-refractivity contribution in [3.05, 3.63) is 28.2 Å². The molecule has 2 atom stereocenters. The number of benzene rings is 1. The lowest BCUT2D eigenvalue weighted by Crippen LogP contribution is -2.46. The zero-order valence-corrected chi connectivity index (χ0v) is 16.6. The van der Waals surface area contributed by atoms with Crippen molar-refractivity contribution in [2.24, 2.45) is 5.92 Å². The zero-order valence-electron chi connectivity index (χ0n) is 14.3. The number of hydrogen-bond donors (Lipinski definition) is 1. The summed E-state index contributed by atoms with van der Waals surface area (Å²) >= 11 is 12.0. The molecule has 0 bridgehead atoms. The smallest absolute Gasteiger partial charge is 0.244 e. The first-order valence-corrected chi connectivity index (χ1v) is 10.9. The SMILES string of the molecule is O=C(NC[C@@H]1CCCO1)[C@H]1CCCN(S(=O)(=O)c2cc(Cl)ccc2Cl)C1. The van der Waals surface area contributed by atoms with E-state index in [0.29, 0.717) is 31.0 Å². The average molecular weight is 421 g/mol. The molecule has 2 fully saturated rings. The predicted molar refractivity (Wildman–Crippen MR) is 99.9 cm³/mol. The summed E-state index contributed by atoms with van der Waals surface area (Å²) in [5.41, 5.74) is 0. The zero-order chi connectivity index (χ0) is 18.7. The monoisotopic (exact) mass is 420 g/mol. The van der Waals surface area contributed by atoms with Gasteiger partial charge in [0.15, 0.2) is 0 Å². The second-order valence-electron chi connectivity index (χ2n) is 6.66. The van der Waals surface area contributed by atoms with Crippen LogP contribution < -0.4 is 5.32 Å². The van der Waals surface area contributed by atoms with Gasteiger partial charge in [-0.25, -0.2) is 8.42 Å². The van der Waals surface area contributed by atoms with Crippen LogP contribution >= 0.6 is 23.2 Å². The van der Waals surface area contributed by atoms with Gasteiger partial charge in [0.05, 0.1) is 17.0 Å². The van der Waals surface area contributed by atoms with E-state index in [9.17, 15) is 13.2 Å². The number of amides is 1. The van der Waals surface area contributed by atoms with E-state index in [0.717, 1.165) is 19.4 Å². The van der Waals surface area contributed by atoms with Gasteiger partial charge < -0.3 is 10.1 Å². The minimum absolute atomic E-state index is 0.0212. The van der Waals surface area contributed by atoms with E-state index in [2.05, 4.69) is 5.32 Å². The van der Waals surface area contributed by atoms with E-state index in [1.807, 2.05) is 0 Å². The fourth-order valence-electron chi connectivity index (χ4n) is 3.35. The third kappa shape index (κ3) is 4.51. The number of halogens is 2. The lowest BCUT2D eigenvalue weighted by molar-refractivity contribution is -0.126. The Hall–Kier alpha value is -0.860. The van der Waals surface area contributed by atoms with Crippen LogP contribution in [0.25, 0.3) is 0 Å². The Bertz CT molecular complexity index is 766. The number of nitrogens with one attached hydrogen (secondary N) is 1. The molecule has 1 aromatic rings. The van der Waals surface area contributed by atoms with Gasteiger partial charge in [-0.3, -0.25) is 4.79 Å². The van der Waals surface area contributed by atoms with E-state index >= 15 is 0 Å². The first-order valence-electron chi connectivity index (χ1n) is 8.72. The third-order valence-corrected chi connectivity index (χ3v) is 7.38. The Balaban J connectivity index is 1.67. The van der Waals surface area contributed by atoms with Crippen LogP contribution in [0.15, 0.2) is 23.1 Å². The standard InChI is InChI=1S/C17H22Cl2N2O4S/c18-13-5-6-15(19)16(9-13)26(23,24)21-7-1-3-12(11-21)17(22)20-10-14-4-2-8-25-14/h5-6,9,12,14H,1-4,7-8,10-11H2,(H,20,22)/t12-,14-/m0/s1. The number of ether oxygens (including phenoxy) is 1. The Morgan fingerprint density at radius 1 is 1.27 bits per heavy atom. The largest absolute Gasteiger partial charge is 0.376 e. The van der Waals surface area contributed by atoms with E-state index in [1.165, 1.54) is 16.4 Å². The molecule has 0 aromatic heterocycles. The van der Waals surface area contributed by atoms with E-state index in [4.69, 9.17) is 27.9 Å². The van der Waals surface area contributed by atoms with Gasteiger partial charge in [0.1, 0.15) is 4.90 Å². The highest BCUT2D eigenvalue weighted by Gasteiger charge is 2.34. The summed E-state index contributed by atoms with van der Waals surface area (Å²) in [6, 6.07) is 4.35. The molecular weight excluding hydrogens is 399 g/mol. The third-order valence-electron chi connectivity index (χ3n) is 4.79. The normalized spacial score (nSPS) is 24.5. The molecule has 1 aromatic carbocycles. The van der Waals surface area contributed by atoms with Crippen molar-refractivity contribution < 1.29 is 17.9 Å². The molecule has 26 heavy (non-hydrogen) atoms. The molecule has 0 radical (unpaired) electrons. The molecule has 9 heteroatoms.